The predicted molar refractivity (Wildman–Crippen MR) is 72.3 cm³/mol. The van der Waals surface area contributed by atoms with Crippen LogP contribution in [-0.2, 0) is 0 Å². The van der Waals surface area contributed by atoms with Crippen molar-refractivity contribution >= 4 is 16.7 Å². The number of hydrogen-bond acceptors (Lipinski definition) is 3. The van der Waals surface area contributed by atoms with Gasteiger partial charge in [-0.1, -0.05) is 32.0 Å². The molecule has 3 heteroatoms. The summed E-state index contributed by atoms with van der Waals surface area (Å²) in [6, 6.07) is 12.4. The molecule has 0 bridgehead atoms. The highest BCUT2D eigenvalue weighted by atomic mass is 15.1. The van der Waals surface area contributed by atoms with Crippen LogP contribution in [0.3, 0.4) is 0 Å². The van der Waals surface area contributed by atoms with Gasteiger partial charge in [-0.05, 0) is 24.0 Å². The fraction of sp³-hybridized carbons (Fsp3) is 0.333. The van der Waals surface area contributed by atoms with E-state index in [1.807, 2.05) is 30.3 Å². The zero-order valence-corrected chi connectivity index (χ0v) is 10.6. The van der Waals surface area contributed by atoms with Gasteiger partial charge in [0, 0.05) is 11.4 Å². The number of aromatic nitrogens is 1. The molecule has 1 heterocycles. The minimum absolute atomic E-state index is 0.319. The Morgan fingerprint density at radius 2 is 2.11 bits per heavy atom. The Balaban J connectivity index is 2.02. The third kappa shape index (κ3) is 1.80. The Morgan fingerprint density at radius 3 is 2.78 bits per heavy atom. The van der Waals surface area contributed by atoms with Gasteiger partial charge in [0.25, 0.3) is 0 Å². The molecule has 0 aliphatic heterocycles. The number of anilines is 1. The van der Waals surface area contributed by atoms with Crippen molar-refractivity contribution in [1.82, 2.24) is 4.98 Å². The van der Waals surface area contributed by atoms with Crippen LogP contribution in [0.2, 0.25) is 0 Å². The fourth-order valence-corrected chi connectivity index (χ4v) is 2.19. The van der Waals surface area contributed by atoms with E-state index in [1.165, 1.54) is 0 Å². The summed E-state index contributed by atoms with van der Waals surface area (Å²) in [6.45, 7) is 4.44. The van der Waals surface area contributed by atoms with E-state index in [9.17, 15) is 5.26 Å². The predicted octanol–water partition coefficient (Wildman–Crippen LogP) is 3.32. The van der Waals surface area contributed by atoms with Gasteiger partial charge in [-0.3, -0.25) is 0 Å². The van der Waals surface area contributed by atoms with Gasteiger partial charge in [0.2, 0.25) is 0 Å². The largest absolute Gasteiger partial charge is 0.366 e. The molecule has 18 heavy (non-hydrogen) atoms. The number of benzene rings is 1. The standard InChI is InChI=1S/C15H15N3/c1-15(2)8-13(15)18-14-11(9-16)7-10-5-3-4-6-12(10)17-14/h3-7,13H,8H2,1-2H3,(H,17,18). The van der Waals surface area contributed by atoms with Crippen LogP contribution in [0.4, 0.5) is 5.82 Å². The SMILES string of the molecule is CC1(C)CC1Nc1nc2ccccc2cc1C#N. The lowest BCUT2D eigenvalue weighted by Crippen LogP contribution is -2.11. The van der Waals surface area contributed by atoms with E-state index in [-0.39, 0.29) is 0 Å². The third-order valence-electron chi connectivity index (χ3n) is 3.67. The number of nitrogens with zero attached hydrogens (tertiary/aromatic N) is 2. The maximum Gasteiger partial charge on any atom is 0.144 e. The van der Waals surface area contributed by atoms with Gasteiger partial charge in [0.05, 0.1) is 11.1 Å². The summed E-state index contributed by atoms with van der Waals surface area (Å²) in [4.78, 5) is 4.56. The summed E-state index contributed by atoms with van der Waals surface area (Å²) in [5.41, 5.74) is 1.87. The molecule has 1 aliphatic carbocycles. The Kier molecular flexibility index (Phi) is 2.27. The first-order valence-electron chi connectivity index (χ1n) is 6.16. The topological polar surface area (TPSA) is 48.7 Å². The molecule has 2 aromatic rings. The molecule has 0 saturated heterocycles. The molecule has 1 fully saturated rings. The number of fused-ring (bicyclic) bond motifs is 1. The van der Waals surface area contributed by atoms with Crippen LogP contribution in [0.5, 0.6) is 0 Å². The lowest BCUT2D eigenvalue weighted by molar-refractivity contribution is 0.630. The van der Waals surface area contributed by atoms with Crippen LogP contribution < -0.4 is 5.32 Å². The molecule has 1 N–H and O–H groups in total. The smallest absolute Gasteiger partial charge is 0.144 e. The van der Waals surface area contributed by atoms with Gasteiger partial charge in [-0.25, -0.2) is 4.98 Å². The molecular weight excluding hydrogens is 222 g/mol. The van der Waals surface area contributed by atoms with Crippen molar-refractivity contribution in [1.29, 1.82) is 5.26 Å². The van der Waals surface area contributed by atoms with Crippen LogP contribution >= 0.6 is 0 Å². The third-order valence-corrected chi connectivity index (χ3v) is 3.67. The zero-order chi connectivity index (χ0) is 12.8. The number of nitriles is 1. The minimum Gasteiger partial charge on any atom is -0.366 e. The first-order chi connectivity index (χ1) is 8.60. The quantitative estimate of drug-likeness (QED) is 0.871. The zero-order valence-electron chi connectivity index (χ0n) is 10.6. The summed E-state index contributed by atoms with van der Waals surface area (Å²) in [6.07, 6.45) is 1.13. The van der Waals surface area contributed by atoms with E-state index in [0.29, 0.717) is 22.8 Å². The van der Waals surface area contributed by atoms with Crippen molar-refractivity contribution in [3.8, 4) is 6.07 Å². The van der Waals surface area contributed by atoms with Crippen LogP contribution in [0.15, 0.2) is 30.3 Å². The molecule has 3 rings (SSSR count). The highest BCUT2D eigenvalue weighted by Crippen LogP contribution is 2.46. The number of hydrogen-bond donors (Lipinski definition) is 1. The Bertz CT molecular complexity index is 652. The monoisotopic (exact) mass is 237 g/mol. The molecule has 90 valence electrons. The average Bonchev–Trinajstić information content (AvgIpc) is 2.95. The summed E-state index contributed by atoms with van der Waals surface area (Å²) in [5.74, 6) is 0.715. The van der Waals surface area contributed by atoms with Crippen molar-refractivity contribution in [2.24, 2.45) is 5.41 Å². The number of para-hydroxylation sites is 1. The molecule has 1 aromatic carbocycles. The van der Waals surface area contributed by atoms with E-state index in [2.05, 4.69) is 30.2 Å². The summed E-state index contributed by atoms with van der Waals surface area (Å²) in [5, 5.41) is 13.6. The highest BCUT2D eigenvalue weighted by molar-refractivity contribution is 5.82. The molecule has 1 saturated carbocycles. The van der Waals surface area contributed by atoms with Crippen LogP contribution in [0, 0.1) is 16.7 Å². The molecule has 0 radical (unpaired) electrons. The Hall–Kier alpha value is -2.08. The highest BCUT2D eigenvalue weighted by Gasteiger charge is 2.46. The van der Waals surface area contributed by atoms with Crippen molar-refractivity contribution in [2.45, 2.75) is 26.3 Å². The van der Waals surface area contributed by atoms with E-state index < -0.39 is 0 Å². The van der Waals surface area contributed by atoms with E-state index in [1.54, 1.807) is 0 Å². The lowest BCUT2D eigenvalue weighted by atomic mass is 10.1. The average molecular weight is 237 g/mol. The molecule has 1 aromatic heterocycles. The normalized spacial score (nSPS) is 20.4. The van der Waals surface area contributed by atoms with Crippen LogP contribution in [-0.4, -0.2) is 11.0 Å². The first kappa shape index (κ1) is 11.0. The van der Waals surface area contributed by atoms with Gasteiger partial charge in [-0.15, -0.1) is 0 Å². The Labute approximate surface area is 106 Å². The summed E-state index contributed by atoms with van der Waals surface area (Å²) < 4.78 is 0. The molecular formula is C15H15N3. The maximum atomic E-state index is 9.21. The molecule has 1 aliphatic rings. The van der Waals surface area contributed by atoms with Gasteiger partial charge < -0.3 is 5.32 Å². The molecule has 1 atom stereocenters. The van der Waals surface area contributed by atoms with E-state index in [4.69, 9.17) is 0 Å². The lowest BCUT2D eigenvalue weighted by Gasteiger charge is -2.10. The number of rotatable bonds is 2. The van der Waals surface area contributed by atoms with Gasteiger partial charge in [-0.2, -0.15) is 5.26 Å². The van der Waals surface area contributed by atoms with Gasteiger partial charge >= 0.3 is 0 Å². The second-order valence-corrected chi connectivity index (χ2v) is 5.58. The summed E-state index contributed by atoms with van der Waals surface area (Å²) >= 11 is 0. The second-order valence-electron chi connectivity index (χ2n) is 5.58. The van der Waals surface area contributed by atoms with Crippen molar-refractivity contribution < 1.29 is 0 Å². The van der Waals surface area contributed by atoms with Crippen LogP contribution in [0.25, 0.3) is 10.9 Å². The molecule has 0 spiro atoms. The molecule has 0 amide bonds. The molecule has 1 unspecified atom stereocenters. The van der Waals surface area contributed by atoms with Crippen molar-refractivity contribution in [2.75, 3.05) is 5.32 Å². The van der Waals surface area contributed by atoms with Crippen molar-refractivity contribution in [3.63, 3.8) is 0 Å². The molecule has 3 nitrogen and oxygen atoms in total. The van der Waals surface area contributed by atoms with E-state index in [0.717, 1.165) is 17.3 Å². The number of nitrogens with one attached hydrogen (secondary N) is 1. The maximum absolute atomic E-state index is 9.21. The van der Waals surface area contributed by atoms with Crippen molar-refractivity contribution in [3.05, 3.63) is 35.9 Å². The van der Waals surface area contributed by atoms with Crippen LogP contribution in [0.1, 0.15) is 25.8 Å². The van der Waals surface area contributed by atoms with E-state index >= 15 is 0 Å². The summed E-state index contributed by atoms with van der Waals surface area (Å²) in [7, 11) is 0. The minimum atomic E-state index is 0.319. The fourth-order valence-electron chi connectivity index (χ4n) is 2.19. The van der Waals surface area contributed by atoms with Gasteiger partial charge in [0.1, 0.15) is 11.9 Å². The second kappa shape index (κ2) is 3.71. The number of pyridine rings is 1. The first-order valence-corrected chi connectivity index (χ1v) is 6.16. The van der Waals surface area contributed by atoms with Gasteiger partial charge in [0.15, 0.2) is 0 Å². The Morgan fingerprint density at radius 1 is 1.39 bits per heavy atom.